The van der Waals surface area contributed by atoms with E-state index in [2.05, 4.69) is 9.97 Å². The van der Waals surface area contributed by atoms with E-state index in [1.807, 2.05) is 19.1 Å². The number of carbonyl (C=O) groups is 3. The summed E-state index contributed by atoms with van der Waals surface area (Å²) >= 11 is 0. The summed E-state index contributed by atoms with van der Waals surface area (Å²) in [7, 11) is 1.64. The molecule has 2 atom stereocenters. The Morgan fingerprint density at radius 2 is 1.87 bits per heavy atom. The second-order valence-electron chi connectivity index (χ2n) is 9.38. The first-order chi connectivity index (χ1) is 18.2. The third-order valence-electron chi connectivity index (χ3n) is 6.50. The second kappa shape index (κ2) is 11.3. The lowest BCUT2D eigenvalue weighted by Crippen LogP contribution is -2.46. The molecule has 2 aromatic carbocycles. The van der Waals surface area contributed by atoms with Gasteiger partial charge in [0.25, 0.3) is 11.8 Å². The first-order valence-electron chi connectivity index (χ1n) is 12.4. The van der Waals surface area contributed by atoms with E-state index in [4.69, 9.17) is 10.5 Å². The zero-order chi connectivity index (χ0) is 27.4. The van der Waals surface area contributed by atoms with Crippen LogP contribution in [0.2, 0.25) is 0 Å². The van der Waals surface area contributed by atoms with Crippen molar-refractivity contribution in [3.05, 3.63) is 77.0 Å². The van der Waals surface area contributed by atoms with Gasteiger partial charge >= 0.3 is 5.97 Å². The van der Waals surface area contributed by atoms with Crippen LogP contribution < -0.4 is 15.4 Å². The van der Waals surface area contributed by atoms with Crippen LogP contribution in [0.5, 0.6) is 5.88 Å². The molecule has 10 nitrogen and oxygen atoms in total. The summed E-state index contributed by atoms with van der Waals surface area (Å²) in [5.74, 6) is -1.18. The minimum absolute atomic E-state index is 0.151. The maximum Gasteiger partial charge on any atom is 0.305 e. The van der Waals surface area contributed by atoms with E-state index in [9.17, 15) is 19.5 Å². The van der Waals surface area contributed by atoms with Crippen molar-refractivity contribution in [3.63, 3.8) is 0 Å². The van der Waals surface area contributed by atoms with Crippen LogP contribution in [0, 0.1) is 6.92 Å². The molecule has 3 N–H and O–H groups in total. The number of aryl methyl sites for hydroxylation is 2. The summed E-state index contributed by atoms with van der Waals surface area (Å²) in [6.07, 6.45) is 0.979. The fraction of sp³-hybridized carbons (Fsp3) is 0.321. The molecule has 1 aliphatic rings. The number of benzene rings is 2. The lowest BCUT2D eigenvalue weighted by Gasteiger charge is -2.34. The van der Waals surface area contributed by atoms with Gasteiger partial charge in [0, 0.05) is 24.8 Å². The van der Waals surface area contributed by atoms with Gasteiger partial charge in [0.05, 0.1) is 24.3 Å². The number of ether oxygens (including phenoxy) is 1. The number of aromatic nitrogens is 2. The SMILES string of the molecule is Cc1cc(OCCCc2ccc3c(c2)C(=O)N(C(C)CC(=O)O)C(c2ccccc2)C(=O)N3C)nc(N)n1. The van der Waals surface area contributed by atoms with E-state index >= 15 is 0 Å². The van der Waals surface area contributed by atoms with E-state index in [-0.39, 0.29) is 24.2 Å². The summed E-state index contributed by atoms with van der Waals surface area (Å²) in [6.45, 7) is 3.85. The van der Waals surface area contributed by atoms with Crippen molar-refractivity contribution >= 4 is 29.4 Å². The monoisotopic (exact) mass is 517 g/mol. The molecular formula is C28H31N5O5. The Morgan fingerprint density at radius 1 is 1.13 bits per heavy atom. The second-order valence-corrected chi connectivity index (χ2v) is 9.38. The van der Waals surface area contributed by atoms with Crippen molar-refractivity contribution in [1.29, 1.82) is 0 Å². The summed E-state index contributed by atoms with van der Waals surface area (Å²) in [4.78, 5) is 50.2. The van der Waals surface area contributed by atoms with E-state index in [1.165, 1.54) is 9.80 Å². The number of carboxylic acid groups (broad SMARTS) is 1. The highest BCUT2D eigenvalue weighted by Gasteiger charge is 2.41. The maximum absolute atomic E-state index is 14.0. The molecule has 2 unspecified atom stereocenters. The van der Waals surface area contributed by atoms with Crippen LogP contribution in [0.25, 0.3) is 0 Å². The molecule has 0 radical (unpaired) electrons. The van der Waals surface area contributed by atoms with E-state index in [1.54, 1.807) is 56.4 Å². The van der Waals surface area contributed by atoms with E-state index in [0.29, 0.717) is 47.8 Å². The highest BCUT2D eigenvalue weighted by atomic mass is 16.5. The number of carbonyl (C=O) groups excluding carboxylic acids is 2. The molecule has 0 aliphatic carbocycles. The first-order valence-corrected chi connectivity index (χ1v) is 12.4. The van der Waals surface area contributed by atoms with Crippen LogP contribution in [0.3, 0.4) is 0 Å². The lowest BCUT2D eigenvalue weighted by atomic mass is 10.00. The number of aliphatic carboxylic acids is 1. The molecule has 0 fully saturated rings. The Morgan fingerprint density at radius 3 is 2.55 bits per heavy atom. The number of nitrogen functional groups attached to an aromatic ring is 1. The molecule has 2 amide bonds. The van der Waals surface area contributed by atoms with Crippen molar-refractivity contribution < 1.29 is 24.2 Å². The van der Waals surface area contributed by atoms with Gasteiger partial charge < -0.3 is 25.4 Å². The van der Waals surface area contributed by atoms with Crippen LogP contribution in [0.1, 0.15) is 53.0 Å². The molecule has 1 aliphatic heterocycles. The van der Waals surface area contributed by atoms with Crippen LogP contribution >= 0.6 is 0 Å². The minimum atomic E-state index is -1.04. The Labute approximate surface area is 221 Å². The van der Waals surface area contributed by atoms with E-state index in [0.717, 1.165) is 5.56 Å². The summed E-state index contributed by atoms with van der Waals surface area (Å²) in [6, 6.07) is 14.4. The molecular weight excluding hydrogens is 486 g/mol. The highest BCUT2D eigenvalue weighted by Crippen LogP contribution is 2.36. The zero-order valence-corrected chi connectivity index (χ0v) is 21.6. The summed E-state index contributed by atoms with van der Waals surface area (Å²) < 4.78 is 5.71. The van der Waals surface area contributed by atoms with Crippen LogP contribution in [-0.2, 0) is 16.0 Å². The third kappa shape index (κ3) is 5.74. The molecule has 1 aromatic heterocycles. The Hall–Kier alpha value is -4.47. The molecule has 38 heavy (non-hydrogen) atoms. The van der Waals surface area contributed by atoms with Gasteiger partial charge in [-0.1, -0.05) is 36.4 Å². The van der Waals surface area contributed by atoms with Gasteiger partial charge in [-0.25, -0.2) is 4.98 Å². The van der Waals surface area contributed by atoms with Crippen molar-refractivity contribution in [2.75, 3.05) is 24.3 Å². The molecule has 0 saturated heterocycles. The molecule has 10 heteroatoms. The topological polar surface area (TPSA) is 139 Å². The molecule has 0 bridgehead atoms. The number of carboxylic acids is 1. The van der Waals surface area contributed by atoms with Crippen LogP contribution in [0.4, 0.5) is 11.6 Å². The number of nitrogens with zero attached hydrogens (tertiary/aromatic N) is 4. The minimum Gasteiger partial charge on any atom is -0.481 e. The molecule has 4 rings (SSSR count). The lowest BCUT2D eigenvalue weighted by molar-refractivity contribution is -0.139. The molecule has 0 saturated carbocycles. The Bertz CT molecular complexity index is 1330. The predicted octanol–water partition coefficient (Wildman–Crippen LogP) is 3.40. The van der Waals surface area contributed by atoms with Gasteiger partial charge in [0.2, 0.25) is 11.8 Å². The highest BCUT2D eigenvalue weighted by molar-refractivity contribution is 6.11. The number of hydrogen-bond donors (Lipinski definition) is 2. The fourth-order valence-electron chi connectivity index (χ4n) is 4.71. The van der Waals surface area contributed by atoms with Gasteiger partial charge in [0.1, 0.15) is 6.04 Å². The van der Waals surface area contributed by atoms with E-state index < -0.39 is 18.1 Å². The third-order valence-corrected chi connectivity index (χ3v) is 6.50. The van der Waals surface area contributed by atoms with Crippen molar-refractivity contribution in [1.82, 2.24) is 14.9 Å². The number of fused-ring (bicyclic) bond motifs is 1. The number of anilines is 2. The summed E-state index contributed by atoms with van der Waals surface area (Å²) in [5.41, 5.74) is 8.75. The quantitative estimate of drug-likeness (QED) is 0.412. The van der Waals surface area contributed by atoms with Gasteiger partial charge in [-0.2, -0.15) is 4.98 Å². The molecule has 0 spiro atoms. The largest absolute Gasteiger partial charge is 0.481 e. The van der Waals surface area contributed by atoms with Gasteiger partial charge in [0.15, 0.2) is 0 Å². The smallest absolute Gasteiger partial charge is 0.305 e. The summed E-state index contributed by atoms with van der Waals surface area (Å²) in [5, 5.41) is 9.46. The van der Waals surface area contributed by atoms with Crippen molar-refractivity contribution in [2.45, 2.75) is 45.2 Å². The Balaban J connectivity index is 1.60. The predicted molar refractivity (Wildman–Crippen MR) is 142 cm³/mol. The van der Waals surface area contributed by atoms with Crippen molar-refractivity contribution in [3.8, 4) is 5.88 Å². The number of amides is 2. The van der Waals surface area contributed by atoms with Gasteiger partial charge in [-0.05, 0) is 49.9 Å². The van der Waals surface area contributed by atoms with Crippen LogP contribution in [0.15, 0.2) is 54.6 Å². The maximum atomic E-state index is 14.0. The van der Waals surface area contributed by atoms with Crippen molar-refractivity contribution in [2.24, 2.45) is 0 Å². The number of likely N-dealkylation sites (N-methyl/N-ethyl adjacent to an activating group) is 1. The zero-order valence-electron chi connectivity index (χ0n) is 21.6. The van der Waals surface area contributed by atoms with Gasteiger partial charge in [-0.15, -0.1) is 0 Å². The van der Waals surface area contributed by atoms with Gasteiger partial charge in [-0.3, -0.25) is 14.4 Å². The van der Waals surface area contributed by atoms with Crippen LogP contribution in [-0.4, -0.2) is 57.5 Å². The average Bonchev–Trinajstić information content (AvgIpc) is 2.95. The average molecular weight is 518 g/mol. The molecule has 198 valence electrons. The number of rotatable bonds is 9. The first kappa shape index (κ1) is 26.6. The number of hydrogen-bond acceptors (Lipinski definition) is 7. The number of nitrogens with two attached hydrogens (primary N) is 1. The molecule has 3 aromatic rings. The normalized spacial score (nSPS) is 16.1. The fourth-order valence-corrected chi connectivity index (χ4v) is 4.71. The Kier molecular flexibility index (Phi) is 7.90. The molecule has 2 heterocycles. The standard InChI is InChI=1S/C28H31N5O5/c1-17-14-23(31-28(29)30-17)38-13-7-8-19-11-12-22-21(16-19)26(36)33(18(2)15-24(34)35)25(27(37)32(22)3)20-9-5-4-6-10-20/h4-6,9-12,14,16,18,25H,7-8,13,15H2,1-3H3,(H,34,35)(H2,29,30,31).